The first-order chi connectivity index (χ1) is 15.6. The van der Waals surface area contributed by atoms with Gasteiger partial charge in [0.15, 0.2) is 0 Å². The highest BCUT2D eigenvalue weighted by molar-refractivity contribution is 5.95. The maximum Gasteiger partial charge on any atom is 0.251 e. The van der Waals surface area contributed by atoms with Gasteiger partial charge in [0.05, 0.1) is 0 Å². The molecule has 2 aliphatic rings. The number of nitrogens with zero attached hydrogens (tertiary/aromatic N) is 2. The third-order valence-electron chi connectivity index (χ3n) is 6.97. The molecule has 0 aromatic heterocycles. The number of carbonyl (C=O) groups excluding carboxylic acids is 2. The summed E-state index contributed by atoms with van der Waals surface area (Å²) < 4.78 is 0. The van der Waals surface area contributed by atoms with Crippen LogP contribution in [0.5, 0.6) is 0 Å². The first-order valence-corrected chi connectivity index (χ1v) is 12.0. The Kier molecular flexibility index (Phi) is 7.59. The van der Waals surface area contributed by atoms with Crippen molar-refractivity contribution >= 4 is 11.8 Å². The van der Waals surface area contributed by atoms with Gasteiger partial charge in [-0.05, 0) is 62.3 Å². The minimum absolute atomic E-state index is 0.0993. The van der Waals surface area contributed by atoms with E-state index >= 15 is 0 Å². The zero-order chi connectivity index (χ0) is 22.3. The average molecular weight is 434 g/mol. The number of piperidine rings is 1. The minimum atomic E-state index is -0.0993. The summed E-state index contributed by atoms with van der Waals surface area (Å²) >= 11 is 0. The molecule has 2 aliphatic heterocycles. The lowest BCUT2D eigenvalue weighted by atomic mass is 9.88. The highest BCUT2D eigenvalue weighted by Gasteiger charge is 2.36. The maximum absolute atomic E-state index is 13.0. The largest absolute Gasteiger partial charge is 0.352 e. The molecule has 0 unspecified atom stereocenters. The van der Waals surface area contributed by atoms with Gasteiger partial charge in [-0.1, -0.05) is 48.5 Å². The molecular weight excluding hydrogens is 398 g/mol. The highest BCUT2D eigenvalue weighted by atomic mass is 16.2. The van der Waals surface area contributed by atoms with E-state index in [-0.39, 0.29) is 11.8 Å². The van der Waals surface area contributed by atoms with Crippen LogP contribution < -0.4 is 5.32 Å². The third-order valence-corrected chi connectivity index (χ3v) is 6.97. The number of likely N-dealkylation sites (tertiary alicyclic amines) is 2. The Morgan fingerprint density at radius 2 is 1.72 bits per heavy atom. The Labute approximate surface area is 191 Å². The molecule has 2 saturated heterocycles. The van der Waals surface area contributed by atoms with Crippen molar-refractivity contribution in [1.82, 2.24) is 15.1 Å². The second-order valence-corrected chi connectivity index (χ2v) is 9.24. The number of hydrogen-bond acceptors (Lipinski definition) is 3. The number of nitrogens with one attached hydrogen (secondary N) is 1. The normalized spacial score (nSPS) is 21.5. The van der Waals surface area contributed by atoms with Gasteiger partial charge in [-0.3, -0.25) is 14.5 Å². The minimum Gasteiger partial charge on any atom is -0.352 e. The van der Waals surface area contributed by atoms with Crippen LogP contribution in [0.2, 0.25) is 0 Å². The second kappa shape index (κ2) is 10.8. The first kappa shape index (κ1) is 22.5. The SMILES string of the molecule is Cc1ccccc1C(=O)NCCC(=O)N1CCC[C@H]1[C@H]1CCCN(Cc2ccccc2)C1. The molecule has 0 spiro atoms. The number of benzene rings is 2. The van der Waals surface area contributed by atoms with Crippen molar-refractivity contribution in [3.8, 4) is 0 Å². The molecular formula is C27H35N3O2. The summed E-state index contributed by atoms with van der Waals surface area (Å²) in [7, 11) is 0. The molecule has 2 fully saturated rings. The number of aryl methyl sites for hydroxylation is 1. The first-order valence-electron chi connectivity index (χ1n) is 12.0. The van der Waals surface area contributed by atoms with E-state index in [4.69, 9.17) is 0 Å². The van der Waals surface area contributed by atoms with Crippen molar-refractivity contribution in [1.29, 1.82) is 0 Å². The monoisotopic (exact) mass is 433 g/mol. The van der Waals surface area contributed by atoms with Crippen molar-refractivity contribution in [2.45, 2.75) is 51.6 Å². The molecule has 2 aromatic carbocycles. The second-order valence-electron chi connectivity index (χ2n) is 9.24. The number of rotatable bonds is 7. The Balaban J connectivity index is 1.28. The van der Waals surface area contributed by atoms with Crippen molar-refractivity contribution in [2.24, 2.45) is 5.92 Å². The van der Waals surface area contributed by atoms with Crippen molar-refractivity contribution in [2.75, 3.05) is 26.2 Å². The van der Waals surface area contributed by atoms with Crippen molar-refractivity contribution in [3.63, 3.8) is 0 Å². The smallest absolute Gasteiger partial charge is 0.251 e. The van der Waals surface area contributed by atoms with Crippen LogP contribution in [-0.4, -0.2) is 53.8 Å². The van der Waals surface area contributed by atoms with Crippen LogP contribution in [0.4, 0.5) is 0 Å². The number of carbonyl (C=O) groups is 2. The van der Waals surface area contributed by atoms with E-state index in [9.17, 15) is 9.59 Å². The van der Waals surface area contributed by atoms with Crippen molar-refractivity contribution < 1.29 is 9.59 Å². The van der Waals surface area contributed by atoms with E-state index < -0.39 is 0 Å². The summed E-state index contributed by atoms with van der Waals surface area (Å²) in [6.07, 6.45) is 4.95. The van der Waals surface area contributed by atoms with Crippen LogP contribution in [0.25, 0.3) is 0 Å². The highest BCUT2D eigenvalue weighted by Crippen LogP contribution is 2.31. The van der Waals surface area contributed by atoms with Gasteiger partial charge in [0, 0.05) is 44.2 Å². The molecule has 0 aliphatic carbocycles. The van der Waals surface area contributed by atoms with Crippen LogP contribution >= 0.6 is 0 Å². The van der Waals surface area contributed by atoms with Gasteiger partial charge in [-0.25, -0.2) is 0 Å². The lowest BCUT2D eigenvalue weighted by molar-refractivity contribution is -0.133. The maximum atomic E-state index is 13.0. The van der Waals surface area contributed by atoms with Gasteiger partial charge < -0.3 is 10.2 Å². The average Bonchev–Trinajstić information content (AvgIpc) is 3.30. The Morgan fingerprint density at radius 3 is 2.53 bits per heavy atom. The molecule has 0 radical (unpaired) electrons. The molecule has 0 saturated carbocycles. The zero-order valence-electron chi connectivity index (χ0n) is 19.1. The van der Waals surface area contributed by atoms with Crippen LogP contribution in [0, 0.1) is 12.8 Å². The molecule has 4 rings (SSSR count). The molecule has 0 bridgehead atoms. The summed E-state index contributed by atoms with van der Waals surface area (Å²) in [5.74, 6) is 0.621. The van der Waals surface area contributed by atoms with Crippen LogP contribution in [0.1, 0.15) is 53.6 Å². The number of hydrogen-bond donors (Lipinski definition) is 1. The fourth-order valence-electron chi connectivity index (χ4n) is 5.33. The molecule has 2 amide bonds. The molecule has 1 N–H and O–H groups in total. The molecule has 5 heteroatoms. The van der Waals surface area contributed by atoms with Crippen molar-refractivity contribution in [3.05, 3.63) is 71.3 Å². The van der Waals surface area contributed by atoms with Crippen LogP contribution in [0.3, 0.4) is 0 Å². The number of amides is 2. The van der Waals surface area contributed by atoms with Gasteiger partial charge in [0.1, 0.15) is 0 Å². The summed E-state index contributed by atoms with van der Waals surface area (Å²) in [5.41, 5.74) is 2.99. The van der Waals surface area contributed by atoms with Gasteiger partial charge >= 0.3 is 0 Å². The summed E-state index contributed by atoms with van der Waals surface area (Å²) in [5, 5.41) is 2.93. The van der Waals surface area contributed by atoms with E-state index in [2.05, 4.69) is 45.4 Å². The fourth-order valence-corrected chi connectivity index (χ4v) is 5.33. The molecule has 2 aromatic rings. The topological polar surface area (TPSA) is 52.7 Å². The van der Waals surface area contributed by atoms with E-state index in [1.807, 2.05) is 31.2 Å². The van der Waals surface area contributed by atoms with E-state index in [0.717, 1.165) is 44.6 Å². The predicted octanol–water partition coefficient (Wildman–Crippen LogP) is 4.02. The summed E-state index contributed by atoms with van der Waals surface area (Å²) in [4.78, 5) is 30.1. The van der Waals surface area contributed by atoms with Crippen LogP contribution in [-0.2, 0) is 11.3 Å². The predicted molar refractivity (Wildman–Crippen MR) is 127 cm³/mol. The quantitative estimate of drug-likeness (QED) is 0.718. The third kappa shape index (κ3) is 5.57. The molecule has 32 heavy (non-hydrogen) atoms. The summed E-state index contributed by atoms with van der Waals surface area (Å²) in [6, 6.07) is 18.6. The van der Waals surface area contributed by atoms with Gasteiger partial charge in [-0.2, -0.15) is 0 Å². The van der Waals surface area contributed by atoms with E-state index in [0.29, 0.717) is 30.5 Å². The molecule has 2 atom stereocenters. The van der Waals surface area contributed by atoms with Gasteiger partial charge in [0.25, 0.3) is 5.91 Å². The Hall–Kier alpha value is -2.66. The summed E-state index contributed by atoms with van der Waals surface area (Å²) in [6.45, 7) is 6.36. The van der Waals surface area contributed by atoms with Gasteiger partial charge in [0.2, 0.25) is 5.91 Å². The van der Waals surface area contributed by atoms with Crippen LogP contribution in [0.15, 0.2) is 54.6 Å². The van der Waals surface area contributed by atoms with Gasteiger partial charge in [-0.15, -0.1) is 0 Å². The molecule has 170 valence electrons. The Morgan fingerprint density at radius 1 is 0.969 bits per heavy atom. The lowest BCUT2D eigenvalue weighted by Gasteiger charge is -2.39. The molecule has 2 heterocycles. The zero-order valence-corrected chi connectivity index (χ0v) is 19.1. The molecule has 5 nitrogen and oxygen atoms in total. The van der Waals surface area contributed by atoms with E-state index in [1.165, 1.54) is 18.4 Å². The standard InChI is InChI=1S/C27H35N3O2/c1-21-9-5-6-13-24(21)27(32)28-16-15-26(31)30-18-8-14-25(30)23-12-7-17-29(20-23)19-22-10-3-2-4-11-22/h2-6,9-11,13,23,25H,7-8,12,14-20H2,1H3,(H,28,32)/t23-,25-/m0/s1. The lowest BCUT2D eigenvalue weighted by Crippen LogP contribution is -2.47. The fraction of sp³-hybridized carbons (Fsp3) is 0.481. The Bertz CT molecular complexity index is 914. The van der Waals surface area contributed by atoms with E-state index in [1.54, 1.807) is 0 Å².